The summed E-state index contributed by atoms with van der Waals surface area (Å²) >= 11 is -4.06. The fourth-order valence-corrected chi connectivity index (χ4v) is 3.03. The van der Waals surface area contributed by atoms with Crippen molar-refractivity contribution in [2.45, 2.75) is 13.8 Å². The zero-order chi connectivity index (χ0) is 13.3. The molecule has 1 rings (SSSR count). The Morgan fingerprint density at radius 1 is 0.944 bits per heavy atom. The quantitative estimate of drug-likeness (QED) is 0.396. The van der Waals surface area contributed by atoms with Crippen molar-refractivity contribution in [3.8, 4) is 5.75 Å². The predicted molar refractivity (Wildman–Crippen MR) is 59.5 cm³/mol. The monoisotopic (exact) mass is 294 g/mol. The molecule has 0 aliphatic heterocycles. The molecule has 6 nitrogen and oxygen atoms in total. The summed E-state index contributed by atoms with van der Waals surface area (Å²) in [4.78, 5) is 9.77. The second-order valence-electron chi connectivity index (χ2n) is 3.10. The van der Waals surface area contributed by atoms with Crippen LogP contribution in [0.1, 0.15) is 13.8 Å². The van der Waals surface area contributed by atoms with Gasteiger partial charge in [0.15, 0.2) is 0 Å². The second-order valence-corrected chi connectivity index (χ2v) is 6.14. The van der Waals surface area contributed by atoms with Crippen LogP contribution < -0.4 is 3.32 Å². The first-order chi connectivity index (χ1) is 8.76. The topological polar surface area (TPSA) is 55.4 Å². The molecule has 0 spiro atoms. The van der Waals surface area contributed by atoms with E-state index in [1.807, 2.05) is 18.2 Å². The van der Waals surface area contributed by atoms with Crippen LogP contribution in [0.3, 0.4) is 0 Å². The molecule has 0 fully saturated rings. The normalized spacial score (nSPS) is 11.5. The van der Waals surface area contributed by atoms with Crippen molar-refractivity contribution < 1.29 is 41.5 Å². The molecule has 7 heteroatoms. The average molecular weight is 294 g/mol. The molecule has 0 unspecified atom stereocenters. The molecule has 1 aromatic carbocycles. The Bertz CT molecular complexity index is 313. The third-order valence-electron chi connectivity index (χ3n) is 1.79. The van der Waals surface area contributed by atoms with E-state index in [1.54, 1.807) is 26.0 Å². The van der Waals surface area contributed by atoms with Crippen LogP contribution >= 0.6 is 0 Å². The van der Waals surface area contributed by atoms with E-state index in [-0.39, 0.29) is 0 Å². The molecule has 0 heterocycles. The molecule has 0 radical (unpaired) electrons. The van der Waals surface area contributed by atoms with Gasteiger partial charge in [-0.3, -0.25) is 0 Å². The van der Waals surface area contributed by atoms with Gasteiger partial charge in [0, 0.05) is 0 Å². The van der Waals surface area contributed by atoms with Gasteiger partial charge in [-0.2, -0.15) is 0 Å². The van der Waals surface area contributed by atoms with Gasteiger partial charge in [0.05, 0.1) is 0 Å². The average Bonchev–Trinajstić information content (AvgIpc) is 2.43. The molecule has 0 atom stereocenters. The first-order valence-electron chi connectivity index (χ1n) is 5.66. The van der Waals surface area contributed by atoms with Crippen molar-refractivity contribution in [3.63, 3.8) is 0 Å². The van der Waals surface area contributed by atoms with Crippen LogP contribution in [0.2, 0.25) is 0 Å². The molecule has 18 heavy (non-hydrogen) atoms. The van der Waals surface area contributed by atoms with Gasteiger partial charge in [-0.15, -0.1) is 0 Å². The summed E-state index contributed by atoms with van der Waals surface area (Å²) in [5.74, 6) is 0.568. The molecule has 0 bridgehead atoms. The molecular weight excluding hydrogens is 276 g/mol. The van der Waals surface area contributed by atoms with E-state index in [0.29, 0.717) is 19.0 Å². The third-order valence-corrected chi connectivity index (χ3v) is 4.34. The van der Waals surface area contributed by atoms with E-state index >= 15 is 0 Å². The minimum atomic E-state index is -4.06. The summed E-state index contributed by atoms with van der Waals surface area (Å²) in [6.07, 6.45) is 0. The Labute approximate surface area is 112 Å². The van der Waals surface area contributed by atoms with Crippen LogP contribution in [-0.4, -0.2) is 20.3 Å². The number of para-hydroxylation sites is 1. The van der Waals surface area contributed by atoms with Crippen molar-refractivity contribution >= 4 is 0 Å². The van der Waals surface area contributed by atoms with Gasteiger partial charge in [0.25, 0.3) is 0 Å². The van der Waals surface area contributed by atoms with E-state index in [9.17, 15) is 0 Å². The van der Waals surface area contributed by atoms with E-state index in [2.05, 4.69) is 0 Å². The SMILES string of the molecule is CCO[O][Ti]([O]C)([O]OCC)[O]c1ccccc1. The number of rotatable bonds is 9. The van der Waals surface area contributed by atoms with Crippen molar-refractivity contribution in [2.24, 2.45) is 0 Å². The van der Waals surface area contributed by atoms with Gasteiger partial charge in [0.1, 0.15) is 0 Å². The molecule has 0 saturated carbocycles. The Hall–Kier alpha value is -0.466. The molecule has 0 saturated heterocycles. The van der Waals surface area contributed by atoms with Gasteiger partial charge in [-0.1, -0.05) is 0 Å². The first-order valence-corrected chi connectivity index (χ1v) is 8.21. The summed E-state index contributed by atoms with van der Waals surface area (Å²) in [7, 11) is 1.43. The second kappa shape index (κ2) is 8.60. The molecule has 0 N–H and O–H groups in total. The van der Waals surface area contributed by atoms with Gasteiger partial charge in [-0.05, 0) is 0 Å². The fraction of sp³-hybridized carbons (Fsp3) is 0.455. The van der Waals surface area contributed by atoms with Crippen LogP contribution in [-0.2, 0) is 38.2 Å². The number of hydrogen-bond donors (Lipinski definition) is 0. The Kier molecular flexibility index (Phi) is 7.45. The number of hydrogen-bond acceptors (Lipinski definition) is 6. The molecule has 1 aromatic rings. The zero-order valence-electron chi connectivity index (χ0n) is 10.8. The molecule has 0 amide bonds. The van der Waals surface area contributed by atoms with Gasteiger partial charge < -0.3 is 0 Å². The van der Waals surface area contributed by atoms with Crippen LogP contribution in [0.15, 0.2) is 30.3 Å². The molecule has 0 aliphatic rings. The van der Waals surface area contributed by atoms with Crippen LogP contribution in [0.5, 0.6) is 5.75 Å². The number of benzene rings is 1. The summed E-state index contributed by atoms with van der Waals surface area (Å²) in [5.41, 5.74) is 0. The molecular formula is C11H18O6Ti. The van der Waals surface area contributed by atoms with Gasteiger partial charge in [-0.25, -0.2) is 0 Å². The van der Waals surface area contributed by atoms with E-state index in [1.165, 1.54) is 7.11 Å². The van der Waals surface area contributed by atoms with Crippen molar-refractivity contribution in [2.75, 3.05) is 20.3 Å². The van der Waals surface area contributed by atoms with Crippen LogP contribution in [0, 0.1) is 0 Å². The Morgan fingerprint density at radius 3 is 1.94 bits per heavy atom. The Morgan fingerprint density at radius 2 is 1.50 bits per heavy atom. The Balaban J connectivity index is 2.73. The molecule has 0 aromatic heterocycles. The standard InChI is InChI=1S/C6H6O.2C2H6O2.CH3O.Ti/c7-6-4-2-1-3-5-6;2*1-2-4-3;1-2;/h1-5,7H;2*3H,2H2,1H3;1H3;/q;;;-1;+4/p-3. The summed E-state index contributed by atoms with van der Waals surface area (Å²) < 4.78 is 21.1. The maximum atomic E-state index is 5.63. The molecule has 0 aliphatic carbocycles. The summed E-state index contributed by atoms with van der Waals surface area (Å²) in [6.45, 7) is 4.27. The zero-order valence-corrected chi connectivity index (χ0v) is 12.3. The fourth-order valence-electron chi connectivity index (χ4n) is 1.05. The van der Waals surface area contributed by atoms with Crippen molar-refractivity contribution in [1.29, 1.82) is 0 Å². The van der Waals surface area contributed by atoms with Gasteiger partial charge >= 0.3 is 112 Å². The van der Waals surface area contributed by atoms with E-state index in [4.69, 9.17) is 23.4 Å². The summed E-state index contributed by atoms with van der Waals surface area (Å²) in [5, 5.41) is 0. The third kappa shape index (κ3) is 5.03. The van der Waals surface area contributed by atoms with Crippen LogP contribution in [0.4, 0.5) is 0 Å². The first kappa shape index (κ1) is 15.6. The van der Waals surface area contributed by atoms with Crippen molar-refractivity contribution in [3.05, 3.63) is 30.3 Å². The van der Waals surface area contributed by atoms with E-state index < -0.39 is 18.1 Å². The van der Waals surface area contributed by atoms with E-state index in [0.717, 1.165) is 0 Å². The molecule has 102 valence electrons. The maximum absolute atomic E-state index is 5.63. The van der Waals surface area contributed by atoms with Gasteiger partial charge in [0.2, 0.25) is 0 Å². The predicted octanol–water partition coefficient (Wildman–Crippen LogP) is 2.46. The van der Waals surface area contributed by atoms with Crippen molar-refractivity contribution in [1.82, 2.24) is 0 Å². The minimum absolute atomic E-state index is 0.351. The summed E-state index contributed by atoms with van der Waals surface area (Å²) in [6, 6.07) is 9.08. The van der Waals surface area contributed by atoms with Crippen LogP contribution in [0.25, 0.3) is 0 Å².